The fraction of sp³-hybridized carbons (Fsp3) is 0.444. The topological polar surface area (TPSA) is 38.9 Å². The molecule has 1 aromatic heterocycles. The van der Waals surface area contributed by atoms with Crippen molar-refractivity contribution in [2.45, 2.75) is 18.9 Å². The van der Waals surface area contributed by atoms with Crippen molar-refractivity contribution in [2.75, 3.05) is 0 Å². The van der Waals surface area contributed by atoms with E-state index in [1.165, 1.54) is 6.20 Å². The number of aromatic nitrogens is 1. The molecule has 12 heavy (non-hydrogen) atoms. The van der Waals surface area contributed by atoms with E-state index in [1.54, 1.807) is 12.1 Å². The summed E-state index contributed by atoms with van der Waals surface area (Å²) in [6.45, 7) is 0. The Kier molecular flexibility index (Phi) is 1.81. The fourth-order valence-corrected chi connectivity index (χ4v) is 1.36. The van der Waals surface area contributed by atoms with Gasteiger partial charge in [0.25, 0.3) is 0 Å². The molecular weight excluding hydrogens is 155 g/mol. The lowest BCUT2D eigenvalue weighted by Crippen LogP contribution is -2.14. The highest BCUT2D eigenvalue weighted by Crippen LogP contribution is 2.39. The van der Waals surface area contributed by atoms with Crippen LogP contribution in [0.3, 0.4) is 0 Å². The third-order valence-corrected chi connectivity index (χ3v) is 2.28. The van der Waals surface area contributed by atoms with Crippen molar-refractivity contribution in [1.29, 1.82) is 0 Å². The summed E-state index contributed by atoms with van der Waals surface area (Å²) >= 11 is 0. The molecule has 1 heterocycles. The van der Waals surface area contributed by atoms with Gasteiger partial charge >= 0.3 is 0 Å². The van der Waals surface area contributed by atoms with Crippen LogP contribution in [0, 0.1) is 11.9 Å². The predicted molar refractivity (Wildman–Crippen MR) is 43.8 cm³/mol. The van der Waals surface area contributed by atoms with E-state index in [2.05, 4.69) is 4.98 Å². The minimum Gasteiger partial charge on any atom is -0.324 e. The van der Waals surface area contributed by atoms with Gasteiger partial charge in [0.05, 0.1) is 0 Å². The Hall–Kier alpha value is -0.960. The highest BCUT2D eigenvalue weighted by molar-refractivity contribution is 5.17. The lowest BCUT2D eigenvalue weighted by Gasteiger charge is -2.09. The van der Waals surface area contributed by atoms with E-state index in [1.807, 2.05) is 0 Å². The molecule has 2 nitrogen and oxygen atoms in total. The van der Waals surface area contributed by atoms with Gasteiger partial charge in [0.2, 0.25) is 5.95 Å². The van der Waals surface area contributed by atoms with Crippen molar-refractivity contribution in [3.63, 3.8) is 0 Å². The van der Waals surface area contributed by atoms with Crippen molar-refractivity contribution >= 4 is 0 Å². The molecule has 1 fully saturated rings. The van der Waals surface area contributed by atoms with Crippen molar-refractivity contribution in [1.82, 2.24) is 4.98 Å². The van der Waals surface area contributed by atoms with Crippen LogP contribution in [-0.4, -0.2) is 4.98 Å². The molecule has 0 radical (unpaired) electrons. The third kappa shape index (κ3) is 1.32. The molecule has 64 valence electrons. The van der Waals surface area contributed by atoms with Gasteiger partial charge in [-0.3, -0.25) is 0 Å². The average molecular weight is 166 g/mol. The zero-order valence-corrected chi connectivity index (χ0v) is 6.70. The quantitative estimate of drug-likeness (QED) is 0.678. The Labute approximate surface area is 70.6 Å². The van der Waals surface area contributed by atoms with Crippen LogP contribution in [0.15, 0.2) is 18.3 Å². The van der Waals surface area contributed by atoms with Crippen molar-refractivity contribution in [3.8, 4) is 0 Å². The first-order valence-corrected chi connectivity index (χ1v) is 4.15. The van der Waals surface area contributed by atoms with Crippen LogP contribution in [-0.2, 0) is 0 Å². The Bertz CT molecular complexity index is 284. The summed E-state index contributed by atoms with van der Waals surface area (Å²) in [6, 6.07) is 3.28. The minimum atomic E-state index is -0.420. The normalized spacial score (nSPS) is 19.2. The summed E-state index contributed by atoms with van der Waals surface area (Å²) in [4.78, 5) is 3.56. The first-order valence-electron chi connectivity index (χ1n) is 4.15. The summed E-state index contributed by atoms with van der Waals surface area (Å²) in [7, 11) is 0. The highest BCUT2D eigenvalue weighted by atomic mass is 19.1. The van der Waals surface area contributed by atoms with Crippen LogP contribution in [0.4, 0.5) is 4.39 Å². The molecule has 0 spiro atoms. The number of hydrogen-bond acceptors (Lipinski definition) is 2. The lowest BCUT2D eigenvalue weighted by molar-refractivity contribution is 0.524. The van der Waals surface area contributed by atoms with Crippen molar-refractivity contribution in [3.05, 3.63) is 29.8 Å². The molecule has 0 amide bonds. The smallest absolute Gasteiger partial charge is 0.217 e. The van der Waals surface area contributed by atoms with Crippen LogP contribution >= 0.6 is 0 Å². The zero-order valence-electron chi connectivity index (χ0n) is 6.70. The summed E-state index contributed by atoms with van der Waals surface area (Å²) in [5.41, 5.74) is 6.38. The molecule has 1 aliphatic rings. The van der Waals surface area contributed by atoms with Gasteiger partial charge in [-0.25, -0.2) is 4.98 Å². The second-order valence-electron chi connectivity index (χ2n) is 3.25. The summed E-state index contributed by atoms with van der Waals surface area (Å²) in [5.74, 6) is 0.0561. The number of pyridine rings is 1. The molecule has 0 saturated heterocycles. The van der Waals surface area contributed by atoms with E-state index >= 15 is 0 Å². The van der Waals surface area contributed by atoms with Gasteiger partial charge in [-0.05, 0) is 24.8 Å². The molecule has 1 aliphatic carbocycles. The Morgan fingerprint density at radius 3 is 2.92 bits per heavy atom. The Balaban J connectivity index is 2.25. The molecule has 0 aromatic carbocycles. The number of nitrogens with two attached hydrogens (primary N) is 1. The SMILES string of the molecule is N[C@H](c1cccnc1F)C1CC1. The van der Waals surface area contributed by atoms with E-state index < -0.39 is 5.95 Å². The van der Waals surface area contributed by atoms with E-state index in [4.69, 9.17) is 5.73 Å². The maximum absolute atomic E-state index is 13.0. The van der Waals surface area contributed by atoms with Crippen molar-refractivity contribution in [2.24, 2.45) is 11.7 Å². The standard InChI is InChI=1S/C9H11FN2/c10-9-7(2-1-5-12-9)8(11)6-3-4-6/h1-2,5-6,8H,3-4,11H2/t8-/m0/s1. The Morgan fingerprint density at radius 2 is 2.33 bits per heavy atom. The summed E-state index contributed by atoms with van der Waals surface area (Å²) < 4.78 is 13.0. The van der Waals surface area contributed by atoms with E-state index in [0.717, 1.165) is 12.8 Å². The Morgan fingerprint density at radius 1 is 1.58 bits per heavy atom. The largest absolute Gasteiger partial charge is 0.324 e. The van der Waals surface area contributed by atoms with Crippen LogP contribution < -0.4 is 5.73 Å². The maximum Gasteiger partial charge on any atom is 0.217 e. The molecular formula is C9H11FN2. The van der Waals surface area contributed by atoms with Crippen molar-refractivity contribution < 1.29 is 4.39 Å². The summed E-state index contributed by atoms with van der Waals surface area (Å²) in [5, 5.41) is 0. The lowest BCUT2D eigenvalue weighted by atomic mass is 10.1. The van der Waals surface area contributed by atoms with Crippen LogP contribution in [0.2, 0.25) is 0 Å². The highest BCUT2D eigenvalue weighted by Gasteiger charge is 2.31. The zero-order chi connectivity index (χ0) is 8.55. The van der Waals surface area contributed by atoms with Gasteiger partial charge in [0.1, 0.15) is 0 Å². The second-order valence-corrected chi connectivity index (χ2v) is 3.25. The van der Waals surface area contributed by atoms with Gasteiger partial charge in [-0.2, -0.15) is 4.39 Å². The van der Waals surface area contributed by atoms with Crippen LogP contribution in [0.1, 0.15) is 24.4 Å². The number of nitrogens with zero attached hydrogens (tertiary/aromatic N) is 1. The van der Waals surface area contributed by atoms with Gasteiger partial charge < -0.3 is 5.73 Å². The van der Waals surface area contributed by atoms with E-state index in [-0.39, 0.29) is 6.04 Å². The van der Waals surface area contributed by atoms with Gasteiger partial charge in [0.15, 0.2) is 0 Å². The molecule has 2 rings (SSSR count). The molecule has 0 aliphatic heterocycles. The third-order valence-electron chi connectivity index (χ3n) is 2.28. The molecule has 0 bridgehead atoms. The molecule has 1 saturated carbocycles. The van der Waals surface area contributed by atoms with E-state index in [9.17, 15) is 4.39 Å². The molecule has 0 unspecified atom stereocenters. The number of hydrogen-bond donors (Lipinski definition) is 1. The average Bonchev–Trinajstić information content (AvgIpc) is 2.86. The maximum atomic E-state index is 13.0. The first-order chi connectivity index (χ1) is 5.79. The number of halogens is 1. The number of rotatable bonds is 2. The van der Waals surface area contributed by atoms with Crippen LogP contribution in [0.25, 0.3) is 0 Å². The van der Waals surface area contributed by atoms with Gasteiger partial charge in [-0.15, -0.1) is 0 Å². The van der Waals surface area contributed by atoms with Gasteiger partial charge in [0, 0.05) is 17.8 Å². The monoisotopic (exact) mass is 166 g/mol. The molecule has 3 heteroatoms. The van der Waals surface area contributed by atoms with Gasteiger partial charge in [-0.1, -0.05) is 6.07 Å². The molecule has 2 N–H and O–H groups in total. The predicted octanol–water partition coefficient (Wildman–Crippen LogP) is 1.63. The fourth-order valence-electron chi connectivity index (χ4n) is 1.36. The van der Waals surface area contributed by atoms with Crippen LogP contribution in [0.5, 0.6) is 0 Å². The molecule has 1 aromatic rings. The second kappa shape index (κ2) is 2.83. The first kappa shape index (κ1) is 7.68. The minimum absolute atomic E-state index is 0.154. The molecule has 1 atom stereocenters. The van der Waals surface area contributed by atoms with E-state index in [0.29, 0.717) is 11.5 Å². The summed E-state index contributed by atoms with van der Waals surface area (Å²) in [6.07, 6.45) is 3.68.